The standard InChI is InChI=1S/C15H10ClNOS/c16-13-8-12(6-5-11(13)9-18)19-15-7-10-3-1-2-4-14(10)17-15/h1-9,17H. The van der Waals surface area contributed by atoms with Crippen LogP contribution >= 0.6 is 23.4 Å². The van der Waals surface area contributed by atoms with Crippen LogP contribution in [0.5, 0.6) is 0 Å². The van der Waals surface area contributed by atoms with Gasteiger partial charge in [-0.05, 0) is 30.3 Å². The second-order valence-corrected chi connectivity index (χ2v) is 5.65. The highest BCUT2D eigenvalue weighted by Gasteiger charge is 2.05. The zero-order chi connectivity index (χ0) is 13.2. The molecule has 0 saturated carbocycles. The number of hydrogen-bond acceptors (Lipinski definition) is 2. The van der Waals surface area contributed by atoms with Crippen molar-refractivity contribution in [1.29, 1.82) is 0 Å². The molecule has 2 aromatic carbocycles. The Kier molecular flexibility index (Phi) is 3.32. The number of aromatic amines is 1. The maximum absolute atomic E-state index is 10.7. The molecule has 1 heterocycles. The van der Waals surface area contributed by atoms with E-state index in [0.717, 1.165) is 21.7 Å². The fraction of sp³-hybridized carbons (Fsp3) is 0. The fourth-order valence-corrected chi connectivity index (χ4v) is 3.10. The second kappa shape index (κ2) is 5.11. The lowest BCUT2D eigenvalue weighted by Gasteiger charge is -2.01. The molecule has 3 rings (SSSR count). The summed E-state index contributed by atoms with van der Waals surface area (Å²) in [7, 11) is 0. The van der Waals surface area contributed by atoms with E-state index in [1.54, 1.807) is 17.8 Å². The highest BCUT2D eigenvalue weighted by molar-refractivity contribution is 7.99. The van der Waals surface area contributed by atoms with Gasteiger partial charge in [0.2, 0.25) is 0 Å². The first kappa shape index (κ1) is 12.3. The van der Waals surface area contributed by atoms with Gasteiger partial charge in [-0.3, -0.25) is 4.79 Å². The van der Waals surface area contributed by atoms with E-state index in [9.17, 15) is 4.79 Å². The van der Waals surface area contributed by atoms with E-state index in [1.165, 1.54) is 5.39 Å². The number of aldehydes is 1. The minimum atomic E-state index is 0.483. The molecular formula is C15H10ClNOS. The molecule has 0 amide bonds. The number of rotatable bonds is 3. The maximum atomic E-state index is 10.7. The molecule has 19 heavy (non-hydrogen) atoms. The monoisotopic (exact) mass is 287 g/mol. The van der Waals surface area contributed by atoms with Crippen molar-refractivity contribution in [3.63, 3.8) is 0 Å². The summed E-state index contributed by atoms with van der Waals surface area (Å²) >= 11 is 7.61. The second-order valence-electron chi connectivity index (χ2n) is 4.12. The summed E-state index contributed by atoms with van der Waals surface area (Å²) < 4.78 is 0. The topological polar surface area (TPSA) is 32.9 Å². The van der Waals surface area contributed by atoms with Crippen molar-refractivity contribution in [2.45, 2.75) is 9.92 Å². The van der Waals surface area contributed by atoms with Gasteiger partial charge in [0.15, 0.2) is 6.29 Å². The minimum absolute atomic E-state index is 0.483. The van der Waals surface area contributed by atoms with Gasteiger partial charge in [0, 0.05) is 21.4 Å². The van der Waals surface area contributed by atoms with Gasteiger partial charge in [0.05, 0.1) is 10.0 Å². The predicted octanol–water partition coefficient (Wildman–Crippen LogP) is 4.79. The SMILES string of the molecule is O=Cc1ccc(Sc2cc3ccccc3[nH]2)cc1Cl. The highest BCUT2D eigenvalue weighted by atomic mass is 35.5. The Labute approximate surface area is 119 Å². The van der Waals surface area contributed by atoms with E-state index in [1.807, 2.05) is 30.3 Å². The number of carbonyl (C=O) groups excluding carboxylic acids is 1. The molecule has 4 heteroatoms. The smallest absolute Gasteiger partial charge is 0.151 e. The molecule has 94 valence electrons. The molecule has 2 nitrogen and oxygen atoms in total. The van der Waals surface area contributed by atoms with Gasteiger partial charge in [-0.2, -0.15) is 0 Å². The van der Waals surface area contributed by atoms with Crippen LogP contribution in [0.25, 0.3) is 10.9 Å². The number of aromatic nitrogens is 1. The summed E-state index contributed by atoms with van der Waals surface area (Å²) in [5.41, 5.74) is 1.63. The molecule has 1 N–H and O–H groups in total. The number of H-pyrrole nitrogens is 1. The Bertz CT molecular complexity index is 718. The largest absolute Gasteiger partial charge is 0.349 e. The molecule has 0 aliphatic rings. The van der Waals surface area contributed by atoms with Gasteiger partial charge in [0.1, 0.15) is 0 Å². The number of para-hydroxylation sites is 1. The molecule has 0 bridgehead atoms. The van der Waals surface area contributed by atoms with E-state index in [-0.39, 0.29) is 0 Å². The molecular weight excluding hydrogens is 278 g/mol. The zero-order valence-corrected chi connectivity index (χ0v) is 11.5. The Morgan fingerprint density at radius 1 is 1.11 bits per heavy atom. The average Bonchev–Trinajstić information content (AvgIpc) is 2.81. The molecule has 0 radical (unpaired) electrons. The van der Waals surface area contributed by atoms with Crippen LogP contribution in [0.15, 0.2) is 58.5 Å². The van der Waals surface area contributed by atoms with Gasteiger partial charge in [0.25, 0.3) is 0 Å². The third-order valence-corrected chi connectivity index (χ3v) is 4.09. The third-order valence-electron chi connectivity index (χ3n) is 2.83. The van der Waals surface area contributed by atoms with Gasteiger partial charge in [-0.15, -0.1) is 0 Å². The minimum Gasteiger partial charge on any atom is -0.349 e. The zero-order valence-electron chi connectivity index (χ0n) is 9.89. The molecule has 0 unspecified atom stereocenters. The first-order chi connectivity index (χ1) is 9.26. The summed E-state index contributed by atoms with van der Waals surface area (Å²) in [5, 5.41) is 2.72. The third kappa shape index (κ3) is 2.53. The maximum Gasteiger partial charge on any atom is 0.151 e. The van der Waals surface area contributed by atoms with Crippen LogP contribution in [-0.4, -0.2) is 11.3 Å². The van der Waals surface area contributed by atoms with Gasteiger partial charge < -0.3 is 4.98 Å². The van der Waals surface area contributed by atoms with Crippen LogP contribution in [0.3, 0.4) is 0 Å². The summed E-state index contributed by atoms with van der Waals surface area (Å²) in [6.45, 7) is 0. The first-order valence-corrected chi connectivity index (χ1v) is 6.96. The van der Waals surface area contributed by atoms with Crippen LogP contribution in [0.1, 0.15) is 10.4 Å². The van der Waals surface area contributed by atoms with Crippen molar-refractivity contribution in [2.24, 2.45) is 0 Å². The molecule has 1 aromatic heterocycles. The lowest BCUT2D eigenvalue weighted by atomic mass is 10.2. The summed E-state index contributed by atoms with van der Waals surface area (Å²) in [5.74, 6) is 0. The van der Waals surface area contributed by atoms with Crippen LogP contribution in [0.2, 0.25) is 5.02 Å². The molecule has 0 aliphatic carbocycles. The van der Waals surface area contributed by atoms with Crippen LogP contribution in [0.4, 0.5) is 0 Å². The van der Waals surface area contributed by atoms with Crippen molar-refractivity contribution in [3.05, 3.63) is 59.1 Å². The summed E-state index contributed by atoms with van der Waals surface area (Å²) in [6.07, 6.45) is 0.764. The Morgan fingerprint density at radius 2 is 1.95 bits per heavy atom. The van der Waals surface area contributed by atoms with E-state index in [0.29, 0.717) is 10.6 Å². The Balaban J connectivity index is 1.92. The first-order valence-electron chi connectivity index (χ1n) is 5.76. The van der Waals surface area contributed by atoms with Crippen LogP contribution in [-0.2, 0) is 0 Å². The van der Waals surface area contributed by atoms with Gasteiger partial charge >= 0.3 is 0 Å². The van der Waals surface area contributed by atoms with Gasteiger partial charge in [-0.25, -0.2) is 0 Å². The molecule has 0 atom stereocenters. The van der Waals surface area contributed by atoms with E-state index in [4.69, 9.17) is 11.6 Å². The fourth-order valence-electron chi connectivity index (χ4n) is 1.90. The van der Waals surface area contributed by atoms with Crippen LogP contribution < -0.4 is 0 Å². The quantitative estimate of drug-likeness (QED) is 0.703. The number of nitrogens with one attached hydrogen (secondary N) is 1. The van der Waals surface area contributed by atoms with E-state index in [2.05, 4.69) is 17.1 Å². The molecule has 0 aliphatic heterocycles. The van der Waals surface area contributed by atoms with Crippen molar-refractivity contribution >= 4 is 40.6 Å². The molecule has 0 saturated heterocycles. The molecule has 0 fully saturated rings. The summed E-state index contributed by atoms with van der Waals surface area (Å²) in [4.78, 5) is 15.1. The average molecular weight is 288 g/mol. The molecule has 3 aromatic rings. The number of halogens is 1. The summed E-state index contributed by atoms with van der Waals surface area (Å²) in [6, 6.07) is 15.7. The van der Waals surface area contributed by atoms with Crippen molar-refractivity contribution in [3.8, 4) is 0 Å². The van der Waals surface area contributed by atoms with E-state index < -0.39 is 0 Å². The lowest BCUT2D eigenvalue weighted by molar-refractivity contribution is 0.112. The highest BCUT2D eigenvalue weighted by Crippen LogP contribution is 2.31. The number of carbonyl (C=O) groups is 1. The molecule has 0 spiro atoms. The lowest BCUT2D eigenvalue weighted by Crippen LogP contribution is -1.82. The Hall–Kier alpha value is -1.71. The van der Waals surface area contributed by atoms with Crippen molar-refractivity contribution in [1.82, 2.24) is 4.98 Å². The Morgan fingerprint density at radius 3 is 2.68 bits per heavy atom. The van der Waals surface area contributed by atoms with Gasteiger partial charge in [-0.1, -0.05) is 41.6 Å². The predicted molar refractivity (Wildman–Crippen MR) is 79.3 cm³/mol. The normalized spacial score (nSPS) is 10.8. The van der Waals surface area contributed by atoms with Crippen LogP contribution in [0, 0.1) is 0 Å². The number of hydrogen-bond donors (Lipinski definition) is 1. The van der Waals surface area contributed by atoms with Crippen molar-refractivity contribution in [2.75, 3.05) is 0 Å². The van der Waals surface area contributed by atoms with E-state index >= 15 is 0 Å². The van der Waals surface area contributed by atoms with Crippen molar-refractivity contribution < 1.29 is 4.79 Å². The number of fused-ring (bicyclic) bond motifs is 1. The number of benzene rings is 2.